The lowest BCUT2D eigenvalue weighted by Crippen LogP contribution is -2.41. The molecule has 2 fully saturated rings. The number of fused-ring (bicyclic) bond motifs is 6. The van der Waals surface area contributed by atoms with E-state index in [1.54, 1.807) is 29.2 Å². The molecule has 0 aliphatic carbocycles. The molecule has 2 N–H and O–H groups in total. The van der Waals surface area contributed by atoms with Crippen LogP contribution in [0.15, 0.2) is 35.4 Å². The molecule has 1 unspecified atom stereocenters. The third-order valence-electron chi connectivity index (χ3n) is 8.48. The number of anilines is 3. The van der Waals surface area contributed by atoms with Crippen LogP contribution in [0.3, 0.4) is 0 Å². The second-order valence-electron chi connectivity index (χ2n) is 13.5. The van der Waals surface area contributed by atoms with Gasteiger partial charge in [-0.25, -0.2) is 14.7 Å². The number of nitrogens with one attached hydrogen (secondary N) is 2. The molecular weight excluding hydrogens is 540 g/mol. The molecule has 2 saturated heterocycles. The average molecular weight is 583 g/mol. The van der Waals surface area contributed by atoms with Crippen LogP contribution in [0.25, 0.3) is 0 Å². The maximum atomic E-state index is 13.6. The predicted octanol–water partition coefficient (Wildman–Crippen LogP) is 4.59. The van der Waals surface area contributed by atoms with Gasteiger partial charge in [0.1, 0.15) is 17.5 Å². The zero-order valence-corrected chi connectivity index (χ0v) is 25.6. The first-order valence-electron chi connectivity index (χ1n) is 14.6. The number of hydrogen-bond donors (Lipinski definition) is 2. The van der Waals surface area contributed by atoms with E-state index >= 15 is 0 Å². The molecule has 222 valence electrons. The molecule has 5 heterocycles. The summed E-state index contributed by atoms with van der Waals surface area (Å²) in [6.45, 7) is 12.7. The van der Waals surface area contributed by atoms with Crippen molar-refractivity contribution in [2.75, 3.05) is 34.8 Å². The van der Waals surface area contributed by atoms with Crippen LogP contribution in [0.2, 0.25) is 0 Å². The molecule has 0 spiro atoms. The summed E-state index contributed by atoms with van der Waals surface area (Å²) >= 11 is 0. The molecule has 0 saturated carbocycles. The summed E-state index contributed by atoms with van der Waals surface area (Å²) in [6.07, 6.45) is 5.32. The fourth-order valence-electron chi connectivity index (χ4n) is 6.27. The molecule has 3 aliphatic heterocycles. The molecule has 2 aromatic heterocycles. The van der Waals surface area contributed by atoms with Crippen molar-refractivity contribution >= 4 is 39.3 Å². The predicted molar refractivity (Wildman–Crippen MR) is 160 cm³/mol. The second kappa shape index (κ2) is 10.9. The fourth-order valence-corrected chi connectivity index (χ4v) is 7.20. The highest BCUT2D eigenvalue weighted by Gasteiger charge is 2.42. The van der Waals surface area contributed by atoms with Crippen molar-refractivity contribution in [2.24, 2.45) is 17.3 Å². The van der Waals surface area contributed by atoms with Gasteiger partial charge < -0.3 is 10.2 Å². The largest absolute Gasteiger partial charge is 0.370 e. The van der Waals surface area contributed by atoms with Crippen LogP contribution >= 0.6 is 0 Å². The van der Waals surface area contributed by atoms with Crippen molar-refractivity contribution in [3.8, 4) is 0 Å². The quantitative estimate of drug-likeness (QED) is 0.539. The highest BCUT2D eigenvalue weighted by molar-refractivity contribution is 7.90. The number of sulfonamides is 1. The van der Waals surface area contributed by atoms with Gasteiger partial charge >= 0.3 is 0 Å². The Labute approximate surface area is 243 Å². The SMILES string of the molecule is CC(C)(C)CC[C@H]1CCN(c2ccc3c(n2)N2CC(CCCNc4cccc(n4)S(=O)(=O)NC3=O)CC2(C)C)C1=O. The van der Waals surface area contributed by atoms with E-state index in [1.165, 1.54) is 6.07 Å². The van der Waals surface area contributed by atoms with E-state index in [-0.39, 0.29) is 33.4 Å². The van der Waals surface area contributed by atoms with Gasteiger partial charge in [0.25, 0.3) is 15.9 Å². The molecule has 3 aliphatic rings. The molecule has 2 atom stereocenters. The second-order valence-corrected chi connectivity index (χ2v) is 15.1. The first-order chi connectivity index (χ1) is 19.2. The lowest BCUT2D eigenvalue weighted by atomic mass is 9.86. The van der Waals surface area contributed by atoms with Crippen molar-refractivity contribution in [1.29, 1.82) is 0 Å². The number of amides is 2. The third kappa shape index (κ3) is 6.34. The number of nitrogens with zero attached hydrogens (tertiary/aromatic N) is 4. The Balaban J connectivity index is 1.52. The zero-order chi connectivity index (χ0) is 29.6. The summed E-state index contributed by atoms with van der Waals surface area (Å²) in [6, 6.07) is 7.95. The van der Waals surface area contributed by atoms with Gasteiger partial charge in [-0.05, 0) is 88.0 Å². The highest BCUT2D eigenvalue weighted by Crippen LogP contribution is 2.41. The number of aromatic nitrogens is 2. The Morgan fingerprint density at radius 3 is 2.61 bits per heavy atom. The first-order valence-corrected chi connectivity index (χ1v) is 16.1. The Morgan fingerprint density at radius 2 is 1.85 bits per heavy atom. The van der Waals surface area contributed by atoms with Crippen molar-refractivity contribution in [3.63, 3.8) is 0 Å². The summed E-state index contributed by atoms with van der Waals surface area (Å²) in [5.41, 5.74) is -0.00470. The molecule has 2 amide bonds. The van der Waals surface area contributed by atoms with Crippen molar-refractivity contribution in [3.05, 3.63) is 35.9 Å². The van der Waals surface area contributed by atoms with Crippen LogP contribution < -0.4 is 19.8 Å². The number of carbonyl (C=O) groups excluding carboxylic acids is 2. The normalized spacial score (nSPS) is 24.2. The average Bonchev–Trinajstić information content (AvgIpc) is 3.41. The van der Waals surface area contributed by atoms with Gasteiger partial charge in [-0.15, -0.1) is 0 Å². The van der Waals surface area contributed by atoms with Crippen LogP contribution in [-0.2, 0) is 14.8 Å². The van der Waals surface area contributed by atoms with Gasteiger partial charge in [-0.3, -0.25) is 14.5 Å². The van der Waals surface area contributed by atoms with Crippen molar-refractivity contribution in [1.82, 2.24) is 14.7 Å². The molecule has 0 radical (unpaired) electrons. The van der Waals surface area contributed by atoms with E-state index < -0.39 is 15.9 Å². The molecule has 5 rings (SSSR count). The van der Waals surface area contributed by atoms with Crippen molar-refractivity contribution in [2.45, 2.75) is 83.7 Å². The lowest BCUT2D eigenvalue weighted by Gasteiger charge is -2.34. The van der Waals surface area contributed by atoms with Gasteiger partial charge in [0.15, 0.2) is 5.03 Å². The van der Waals surface area contributed by atoms with Crippen LogP contribution in [0.5, 0.6) is 0 Å². The standard InChI is InChI=1S/C30H42N6O4S/c1-29(2,3)15-13-21-14-17-35(28(21)38)24-12-11-22-26(33-24)36-19-20(18-30(36,4)5)8-7-16-31-23-9-6-10-25(32-23)41(39,40)34-27(22)37/h6,9-12,20-21H,7-8,13-19H2,1-5H3,(H,31,32)(H,34,37)/t20?,21-/m0/s1. The maximum absolute atomic E-state index is 13.6. The number of carbonyl (C=O) groups is 2. The molecule has 10 nitrogen and oxygen atoms in total. The maximum Gasteiger partial charge on any atom is 0.281 e. The van der Waals surface area contributed by atoms with Crippen LogP contribution in [0, 0.1) is 17.3 Å². The Hall–Kier alpha value is -3.21. The summed E-state index contributed by atoms with van der Waals surface area (Å²) in [4.78, 5) is 40.0. The van der Waals surface area contributed by atoms with Gasteiger partial charge in [-0.1, -0.05) is 26.8 Å². The number of rotatable bonds is 3. The van der Waals surface area contributed by atoms with E-state index in [9.17, 15) is 18.0 Å². The molecular formula is C30H42N6O4S. The minimum absolute atomic E-state index is 0.0495. The molecule has 0 aromatic carbocycles. The number of pyridine rings is 2. The number of hydrogen-bond acceptors (Lipinski definition) is 8. The van der Waals surface area contributed by atoms with Gasteiger partial charge in [0.2, 0.25) is 5.91 Å². The first kappa shape index (κ1) is 29.3. The third-order valence-corrected chi connectivity index (χ3v) is 9.71. The highest BCUT2D eigenvalue weighted by atomic mass is 32.2. The van der Waals surface area contributed by atoms with Gasteiger partial charge in [0, 0.05) is 31.1 Å². The molecule has 2 aromatic rings. The van der Waals surface area contributed by atoms with Crippen LogP contribution in [0.1, 0.15) is 83.5 Å². The van der Waals surface area contributed by atoms with Crippen LogP contribution in [-0.4, -0.2) is 55.4 Å². The Kier molecular flexibility index (Phi) is 7.78. The fraction of sp³-hybridized carbons (Fsp3) is 0.600. The molecule has 4 bridgehead atoms. The molecule has 11 heteroatoms. The van der Waals surface area contributed by atoms with Gasteiger partial charge in [0.05, 0.1) is 5.56 Å². The van der Waals surface area contributed by atoms with E-state index in [0.717, 1.165) is 38.5 Å². The summed E-state index contributed by atoms with van der Waals surface area (Å²) in [7, 11) is -4.24. The van der Waals surface area contributed by atoms with Gasteiger partial charge in [-0.2, -0.15) is 8.42 Å². The summed E-state index contributed by atoms with van der Waals surface area (Å²) in [5, 5.41) is 2.98. The Morgan fingerprint density at radius 1 is 1.07 bits per heavy atom. The van der Waals surface area contributed by atoms with E-state index in [0.29, 0.717) is 43.0 Å². The summed E-state index contributed by atoms with van der Waals surface area (Å²) < 4.78 is 28.6. The monoisotopic (exact) mass is 582 g/mol. The van der Waals surface area contributed by atoms with E-state index in [1.807, 2.05) is 0 Å². The minimum Gasteiger partial charge on any atom is -0.370 e. The lowest BCUT2D eigenvalue weighted by molar-refractivity contribution is -0.120. The van der Waals surface area contributed by atoms with E-state index in [4.69, 9.17) is 4.98 Å². The minimum atomic E-state index is -4.24. The summed E-state index contributed by atoms with van der Waals surface area (Å²) in [5.74, 6) is 0.961. The zero-order valence-electron chi connectivity index (χ0n) is 24.7. The smallest absolute Gasteiger partial charge is 0.281 e. The Bertz CT molecular complexity index is 1430. The molecule has 41 heavy (non-hydrogen) atoms. The van der Waals surface area contributed by atoms with Crippen molar-refractivity contribution < 1.29 is 18.0 Å². The van der Waals surface area contributed by atoms with E-state index in [2.05, 4.69) is 54.5 Å². The van der Waals surface area contributed by atoms with Crippen LogP contribution in [0.4, 0.5) is 17.5 Å². The topological polar surface area (TPSA) is 125 Å².